The predicted octanol–water partition coefficient (Wildman–Crippen LogP) is 3.40. The Morgan fingerprint density at radius 1 is 1.17 bits per heavy atom. The third-order valence-electron chi connectivity index (χ3n) is 3.15. The van der Waals surface area contributed by atoms with Gasteiger partial charge in [-0.1, -0.05) is 34.8 Å². The molecule has 2 rings (SSSR count). The fraction of sp³-hybridized carbons (Fsp3) is 0.500. The molecule has 100 valence electrons. The average molecular weight is 311 g/mol. The summed E-state index contributed by atoms with van der Waals surface area (Å²) in [5, 5.41) is 4.46. The average Bonchev–Trinajstić information content (AvgIpc) is 2.30. The summed E-state index contributed by atoms with van der Waals surface area (Å²) in [5.74, 6) is 0.535. The fourth-order valence-corrected chi connectivity index (χ4v) is 2.63. The molecule has 0 radical (unpaired) electrons. The number of hydrogen-bond acceptors (Lipinski definition) is 3. The molecule has 1 aromatic carbocycles. The monoisotopic (exact) mass is 309 g/mol. The van der Waals surface area contributed by atoms with E-state index < -0.39 is 0 Å². The van der Waals surface area contributed by atoms with Crippen LogP contribution in [0.4, 0.5) is 0 Å². The molecule has 0 spiro atoms. The second-order valence-corrected chi connectivity index (χ2v) is 5.41. The SMILES string of the molecule is CNC1CC(Oc2cc(Cl)c(Cl)cc2Cl)C1OC. The zero-order valence-electron chi connectivity index (χ0n) is 10.0. The summed E-state index contributed by atoms with van der Waals surface area (Å²) in [5.41, 5.74) is 0. The van der Waals surface area contributed by atoms with Crippen molar-refractivity contribution in [1.82, 2.24) is 5.32 Å². The van der Waals surface area contributed by atoms with Crippen molar-refractivity contribution in [1.29, 1.82) is 0 Å². The van der Waals surface area contributed by atoms with Crippen molar-refractivity contribution in [2.75, 3.05) is 14.2 Å². The highest BCUT2D eigenvalue weighted by Gasteiger charge is 2.42. The van der Waals surface area contributed by atoms with Gasteiger partial charge < -0.3 is 14.8 Å². The molecule has 1 N–H and O–H groups in total. The van der Waals surface area contributed by atoms with Crippen LogP contribution in [-0.4, -0.2) is 32.4 Å². The number of methoxy groups -OCH3 is 1. The van der Waals surface area contributed by atoms with E-state index in [1.54, 1.807) is 19.2 Å². The predicted molar refractivity (Wildman–Crippen MR) is 74.1 cm³/mol. The van der Waals surface area contributed by atoms with Gasteiger partial charge in [0.1, 0.15) is 18.0 Å². The van der Waals surface area contributed by atoms with Crippen LogP contribution in [0.1, 0.15) is 6.42 Å². The largest absolute Gasteiger partial charge is 0.486 e. The van der Waals surface area contributed by atoms with Crippen molar-refractivity contribution in [2.45, 2.75) is 24.7 Å². The molecule has 6 heteroatoms. The van der Waals surface area contributed by atoms with E-state index in [0.29, 0.717) is 26.9 Å². The lowest BCUT2D eigenvalue weighted by molar-refractivity contribution is -0.0869. The summed E-state index contributed by atoms with van der Waals surface area (Å²) in [6.45, 7) is 0. The standard InChI is InChI=1S/C12H14Cl3NO2/c1-16-9-5-11(12(9)17-2)18-10-4-7(14)6(13)3-8(10)15/h3-4,9,11-12,16H,5H2,1-2H3. The second kappa shape index (κ2) is 5.85. The molecule has 0 aromatic heterocycles. The normalized spacial score (nSPS) is 26.8. The first-order valence-electron chi connectivity index (χ1n) is 5.58. The van der Waals surface area contributed by atoms with Gasteiger partial charge in [0.15, 0.2) is 0 Å². The van der Waals surface area contributed by atoms with Crippen LogP contribution in [-0.2, 0) is 4.74 Å². The van der Waals surface area contributed by atoms with Crippen molar-refractivity contribution in [3.63, 3.8) is 0 Å². The minimum absolute atomic E-state index is 0.0144. The molecule has 0 bridgehead atoms. The van der Waals surface area contributed by atoms with E-state index in [1.807, 2.05) is 7.05 Å². The summed E-state index contributed by atoms with van der Waals surface area (Å²) in [4.78, 5) is 0. The first kappa shape index (κ1) is 14.2. The van der Waals surface area contributed by atoms with E-state index in [-0.39, 0.29) is 12.2 Å². The van der Waals surface area contributed by atoms with Crippen LogP contribution in [0.15, 0.2) is 12.1 Å². The topological polar surface area (TPSA) is 30.5 Å². The Morgan fingerprint density at radius 3 is 2.44 bits per heavy atom. The number of rotatable bonds is 4. The van der Waals surface area contributed by atoms with Gasteiger partial charge in [-0.2, -0.15) is 0 Å². The second-order valence-electron chi connectivity index (χ2n) is 4.18. The lowest BCUT2D eigenvalue weighted by Gasteiger charge is -2.43. The van der Waals surface area contributed by atoms with Gasteiger partial charge in [-0.05, 0) is 13.1 Å². The summed E-state index contributed by atoms with van der Waals surface area (Å²) in [7, 11) is 3.57. The Morgan fingerprint density at radius 2 is 1.83 bits per heavy atom. The Bertz CT molecular complexity index is 442. The van der Waals surface area contributed by atoms with Gasteiger partial charge >= 0.3 is 0 Å². The molecule has 3 unspecified atom stereocenters. The molecule has 1 aliphatic carbocycles. The first-order valence-corrected chi connectivity index (χ1v) is 6.71. The van der Waals surface area contributed by atoms with Crippen molar-refractivity contribution in [3.05, 3.63) is 27.2 Å². The summed E-state index contributed by atoms with van der Waals surface area (Å²) in [6, 6.07) is 3.52. The smallest absolute Gasteiger partial charge is 0.140 e. The molecule has 3 nitrogen and oxygen atoms in total. The number of ether oxygens (including phenoxy) is 2. The molecule has 1 saturated carbocycles. The number of hydrogen-bond donors (Lipinski definition) is 1. The number of halogens is 3. The Balaban J connectivity index is 2.09. The van der Waals surface area contributed by atoms with E-state index in [2.05, 4.69) is 5.32 Å². The molecular formula is C12H14Cl3NO2. The van der Waals surface area contributed by atoms with Gasteiger partial charge in [0.2, 0.25) is 0 Å². The Kier molecular flexibility index (Phi) is 4.62. The number of benzene rings is 1. The molecule has 0 saturated heterocycles. The quantitative estimate of drug-likeness (QED) is 0.865. The lowest BCUT2D eigenvalue weighted by atomic mass is 9.85. The highest BCUT2D eigenvalue weighted by Crippen LogP contribution is 2.37. The fourth-order valence-electron chi connectivity index (χ4n) is 2.05. The molecule has 0 heterocycles. The maximum Gasteiger partial charge on any atom is 0.140 e. The molecule has 1 fully saturated rings. The van der Waals surface area contributed by atoms with Crippen LogP contribution in [0.25, 0.3) is 0 Å². The maximum absolute atomic E-state index is 6.06. The molecule has 0 aliphatic heterocycles. The van der Waals surface area contributed by atoms with Crippen molar-refractivity contribution < 1.29 is 9.47 Å². The highest BCUT2D eigenvalue weighted by atomic mass is 35.5. The molecular weight excluding hydrogens is 296 g/mol. The van der Waals surface area contributed by atoms with Crippen LogP contribution in [0.2, 0.25) is 15.1 Å². The van der Waals surface area contributed by atoms with E-state index >= 15 is 0 Å². The lowest BCUT2D eigenvalue weighted by Crippen LogP contribution is -2.60. The summed E-state index contributed by atoms with van der Waals surface area (Å²) >= 11 is 17.9. The minimum atomic E-state index is -0.0257. The number of nitrogens with one attached hydrogen (secondary N) is 1. The van der Waals surface area contributed by atoms with Gasteiger partial charge in [-0.3, -0.25) is 0 Å². The maximum atomic E-state index is 6.06. The van der Waals surface area contributed by atoms with Crippen LogP contribution in [0.5, 0.6) is 5.75 Å². The first-order chi connectivity index (χ1) is 8.56. The molecule has 0 amide bonds. The molecule has 18 heavy (non-hydrogen) atoms. The van der Waals surface area contributed by atoms with Crippen LogP contribution < -0.4 is 10.1 Å². The highest BCUT2D eigenvalue weighted by molar-refractivity contribution is 6.43. The van der Waals surface area contributed by atoms with Crippen LogP contribution in [0, 0.1) is 0 Å². The van der Waals surface area contributed by atoms with Gasteiger partial charge in [-0.15, -0.1) is 0 Å². The van der Waals surface area contributed by atoms with E-state index in [9.17, 15) is 0 Å². The van der Waals surface area contributed by atoms with Gasteiger partial charge in [0.25, 0.3) is 0 Å². The van der Waals surface area contributed by atoms with Crippen LogP contribution >= 0.6 is 34.8 Å². The van der Waals surface area contributed by atoms with Crippen molar-refractivity contribution >= 4 is 34.8 Å². The molecule has 1 aromatic rings. The van der Waals surface area contributed by atoms with E-state index in [4.69, 9.17) is 44.3 Å². The van der Waals surface area contributed by atoms with Gasteiger partial charge in [0, 0.05) is 25.6 Å². The zero-order chi connectivity index (χ0) is 13.3. The zero-order valence-corrected chi connectivity index (χ0v) is 12.3. The van der Waals surface area contributed by atoms with Gasteiger partial charge in [0.05, 0.1) is 15.1 Å². The van der Waals surface area contributed by atoms with Crippen molar-refractivity contribution in [3.8, 4) is 5.75 Å². The summed E-state index contributed by atoms with van der Waals surface area (Å²) in [6.07, 6.45) is 0.855. The third kappa shape index (κ3) is 2.70. The van der Waals surface area contributed by atoms with E-state index in [0.717, 1.165) is 6.42 Å². The van der Waals surface area contributed by atoms with Crippen LogP contribution in [0.3, 0.4) is 0 Å². The third-order valence-corrected chi connectivity index (χ3v) is 4.16. The molecule has 1 aliphatic rings. The minimum Gasteiger partial charge on any atom is -0.486 e. The Hall–Kier alpha value is -0.190. The van der Waals surface area contributed by atoms with E-state index in [1.165, 1.54) is 0 Å². The van der Waals surface area contributed by atoms with Gasteiger partial charge in [-0.25, -0.2) is 0 Å². The summed E-state index contributed by atoms with van der Waals surface area (Å²) < 4.78 is 11.2. The Labute approximate surface area is 121 Å². The molecule has 3 atom stereocenters. The number of likely N-dealkylation sites (N-methyl/N-ethyl adjacent to an activating group) is 1. The van der Waals surface area contributed by atoms with Crippen molar-refractivity contribution in [2.24, 2.45) is 0 Å².